The first-order valence-corrected chi connectivity index (χ1v) is 8.45. The van der Waals surface area contributed by atoms with E-state index in [-0.39, 0.29) is 0 Å². The second-order valence-corrected chi connectivity index (χ2v) is 6.74. The summed E-state index contributed by atoms with van der Waals surface area (Å²) in [6.07, 6.45) is 5.20. The molecule has 21 heavy (non-hydrogen) atoms. The second-order valence-electron chi connectivity index (χ2n) is 6.74. The summed E-state index contributed by atoms with van der Waals surface area (Å²) in [6, 6.07) is 4.95. The Kier molecular flexibility index (Phi) is 5.69. The minimum absolute atomic E-state index is 0.434. The molecule has 0 amide bonds. The number of aryl methyl sites for hydroxylation is 1. The lowest BCUT2D eigenvalue weighted by Crippen LogP contribution is -2.28. The van der Waals surface area contributed by atoms with Gasteiger partial charge in [0.25, 0.3) is 0 Å². The molecule has 0 aromatic heterocycles. The maximum absolute atomic E-state index is 5.76. The molecule has 0 spiro atoms. The minimum atomic E-state index is 0.434. The van der Waals surface area contributed by atoms with Crippen molar-refractivity contribution in [1.82, 2.24) is 5.32 Å². The summed E-state index contributed by atoms with van der Waals surface area (Å²) in [6.45, 7) is 10.0. The topological polar surface area (TPSA) is 21.3 Å². The smallest absolute Gasteiger partial charge is 0.126 e. The predicted molar refractivity (Wildman–Crippen MR) is 90.0 cm³/mol. The molecule has 0 saturated heterocycles. The maximum Gasteiger partial charge on any atom is 0.126 e. The largest absolute Gasteiger partial charge is 0.496 e. The second kappa shape index (κ2) is 7.31. The van der Waals surface area contributed by atoms with E-state index in [2.05, 4.69) is 45.1 Å². The third-order valence-corrected chi connectivity index (χ3v) is 5.07. The van der Waals surface area contributed by atoms with Crippen LogP contribution in [-0.2, 0) is 0 Å². The fourth-order valence-corrected chi connectivity index (χ4v) is 3.71. The zero-order valence-corrected chi connectivity index (χ0v) is 14.3. The third-order valence-electron chi connectivity index (χ3n) is 5.07. The van der Waals surface area contributed by atoms with E-state index in [0.29, 0.717) is 6.04 Å². The summed E-state index contributed by atoms with van der Waals surface area (Å²) in [5, 5.41) is 3.79. The van der Waals surface area contributed by atoms with Gasteiger partial charge in [0, 0.05) is 11.6 Å². The molecule has 2 rings (SSSR count). The highest BCUT2D eigenvalue weighted by atomic mass is 16.5. The van der Waals surface area contributed by atoms with E-state index in [4.69, 9.17) is 4.74 Å². The summed E-state index contributed by atoms with van der Waals surface area (Å²) >= 11 is 0. The SMILES string of the molecule is CCCNC(c1ccc(C)c(C)c1OC)C1CCC(C)C1. The Morgan fingerprint density at radius 1 is 1.29 bits per heavy atom. The maximum atomic E-state index is 5.76. The number of nitrogens with one attached hydrogen (secondary N) is 1. The minimum Gasteiger partial charge on any atom is -0.496 e. The summed E-state index contributed by atoms with van der Waals surface area (Å²) in [5.74, 6) is 2.68. The van der Waals surface area contributed by atoms with Gasteiger partial charge in [0.2, 0.25) is 0 Å². The van der Waals surface area contributed by atoms with Crippen LogP contribution in [0.3, 0.4) is 0 Å². The molecular formula is C19H31NO. The molecule has 1 N–H and O–H groups in total. The Morgan fingerprint density at radius 2 is 2.05 bits per heavy atom. The van der Waals surface area contributed by atoms with Gasteiger partial charge in [-0.1, -0.05) is 32.4 Å². The highest BCUT2D eigenvalue weighted by Gasteiger charge is 2.31. The molecule has 1 aliphatic rings. The molecule has 0 aliphatic heterocycles. The lowest BCUT2D eigenvalue weighted by Gasteiger charge is -2.28. The van der Waals surface area contributed by atoms with Crippen LogP contribution in [-0.4, -0.2) is 13.7 Å². The van der Waals surface area contributed by atoms with Gasteiger partial charge in [0.1, 0.15) is 5.75 Å². The summed E-state index contributed by atoms with van der Waals surface area (Å²) in [5.41, 5.74) is 3.95. The Hall–Kier alpha value is -1.02. The van der Waals surface area contributed by atoms with Crippen LogP contribution in [0.4, 0.5) is 0 Å². The number of hydrogen-bond acceptors (Lipinski definition) is 2. The molecule has 2 heteroatoms. The normalized spacial score (nSPS) is 23.3. The highest BCUT2D eigenvalue weighted by Crippen LogP contribution is 2.42. The Morgan fingerprint density at radius 3 is 2.62 bits per heavy atom. The van der Waals surface area contributed by atoms with Gasteiger partial charge in [-0.2, -0.15) is 0 Å². The van der Waals surface area contributed by atoms with Gasteiger partial charge in [-0.3, -0.25) is 0 Å². The van der Waals surface area contributed by atoms with Crippen LogP contribution >= 0.6 is 0 Å². The fraction of sp³-hybridized carbons (Fsp3) is 0.684. The van der Waals surface area contributed by atoms with Crippen LogP contribution in [0, 0.1) is 25.7 Å². The molecule has 118 valence electrons. The molecule has 1 aromatic rings. The monoisotopic (exact) mass is 289 g/mol. The van der Waals surface area contributed by atoms with Gasteiger partial charge < -0.3 is 10.1 Å². The van der Waals surface area contributed by atoms with Crippen molar-refractivity contribution < 1.29 is 4.74 Å². The first-order valence-electron chi connectivity index (χ1n) is 8.45. The predicted octanol–water partition coefficient (Wildman–Crippen LogP) is 4.79. The molecule has 0 heterocycles. The molecule has 2 nitrogen and oxygen atoms in total. The van der Waals surface area contributed by atoms with E-state index in [1.807, 2.05) is 0 Å². The van der Waals surface area contributed by atoms with Crippen molar-refractivity contribution in [3.63, 3.8) is 0 Å². The van der Waals surface area contributed by atoms with Gasteiger partial charge >= 0.3 is 0 Å². The van der Waals surface area contributed by atoms with E-state index >= 15 is 0 Å². The van der Waals surface area contributed by atoms with Crippen molar-refractivity contribution in [1.29, 1.82) is 0 Å². The van der Waals surface area contributed by atoms with Crippen LogP contribution in [0.25, 0.3) is 0 Å². The quantitative estimate of drug-likeness (QED) is 0.813. The van der Waals surface area contributed by atoms with Gasteiger partial charge in [-0.15, -0.1) is 0 Å². The zero-order valence-electron chi connectivity index (χ0n) is 14.3. The molecule has 0 bridgehead atoms. The Bertz CT molecular complexity index is 469. The summed E-state index contributed by atoms with van der Waals surface area (Å²) in [4.78, 5) is 0. The molecule has 1 aliphatic carbocycles. The number of methoxy groups -OCH3 is 1. The fourth-order valence-electron chi connectivity index (χ4n) is 3.71. The Labute approximate surface area is 130 Å². The average molecular weight is 289 g/mol. The number of rotatable bonds is 6. The third kappa shape index (κ3) is 3.60. The zero-order chi connectivity index (χ0) is 15.4. The van der Waals surface area contributed by atoms with Crippen LogP contribution in [0.5, 0.6) is 5.75 Å². The lowest BCUT2D eigenvalue weighted by atomic mass is 9.88. The molecule has 0 radical (unpaired) electrons. The molecule has 1 fully saturated rings. The van der Waals surface area contributed by atoms with Gasteiger partial charge in [-0.05, 0) is 62.6 Å². The first kappa shape index (κ1) is 16.4. The first-order chi connectivity index (χ1) is 10.1. The van der Waals surface area contributed by atoms with Gasteiger partial charge in [0.05, 0.1) is 7.11 Å². The molecule has 3 unspecified atom stereocenters. The molecule has 3 atom stereocenters. The van der Waals surface area contributed by atoms with Crippen molar-refractivity contribution in [2.75, 3.05) is 13.7 Å². The number of ether oxygens (including phenoxy) is 1. The van der Waals surface area contributed by atoms with Crippen LogP contribution in [0.2, 0.25) is 0 Å². The van der Waals surface area contributed by atoms with Crippen LogP contribution in [0.15, 0.2) is 12.1 Å². The van der Waals surface area contributed by atoms with Crippen LogP contribution in [0.1, 0.15) is 62.3 Å². The Balaban J connectivity index is 2.34. The van der Waals surface area contributed by atoms with E-state index in [0.717, 1.165) is 24.1 Å². The van der Waals surface area contributed by atoms with Crippen molar-refractivity contribution in [3.05, 3.63) is 28.8 Å². The van der Waals surface area contributed by atoms with Crippen molar-refractivity contribution in [2.24, 2.45) is 11.8 Å². The lowest BCUT2D eigenvalue weighted by molar-refractivity contribution is 0.338. The van der Waals surface area contributed by atoms with Crippen molar-refractivity contribution in [2.45, 2.75) is 59.4 Å². The van der Waals surface area contributed by atoms with Crippen molar-refractivity contribution in [3.8, 4) is 5.75 Å². The van der Waals surface area contributed by atoms with E-state index in [1.54, 1.807) is 7.11 Å². The highest BCUT2D eigenvalue weighted by molar-refractivity contribution is 5.47. The molecule has 1 aromatic carbocycles. The number of benzene rings is 1. The standard InChI is InChI=1S/C19H31NO/c1-6-11-20-18(16-9-7-13(2)12-16)17-10-8-14(3)15(4)19(17)21-5/h8,10,13,16,18,20H,6-7,9,11-12H2,1-5H3. The van der Waals surface area contributed by atoms with E-state index in [9.17, 15) is 0 Å². The van der Waals surface area contributed by atoms with Crippen LogP contribution < -0.4 is 10.1 Å². The van der Waals surface area contributed by atoms with E-state index < -0.39 is 0 Å². The number of hydrogen-bond donors (Lipinski definition) is 1. The van der Waals surface area contributed by atoms with Gasteiger partial charge in [-0.25, -0.2) is 0 Å². The summed E-state index contributed by atoms with van der Waals surface area (Å²) < 4.78 is 5.76. The van der Waals surface area contributed by atoms with Crippen molar-refractivity contribution >= 4 is 0 Å². The van der Waals surface area contributed by atoms with Gasteiger partial charge in [0.15, 0.2) is 0 Å². The molecule has 1 saturated carbocycles. The summed E-state index contributed by atoms with van der Waals surface area (Å²) in [7, 11) is 1.80. The average Bonchev–Trinajstić information content (AvgIpc) is 2.89. The molecular weight excluding hydrogens is 258 g/mol. The van der Waals surface area contributed by atoms with E-state index in [1.165, 1.54) is 42.4 Å².